The molecule has 0 saturated carbocycles. The topological polar surface area (TPSA) is 30.2 Å². The second-order valence-electron chi connectivity index (χ2n) is 4.49. The smallest absolute Gasteiger partial charge is 0.165 e. The highest BCUT2D eigenvalue weighted by molar-refractivity contribution is 6.03. The van der Waals surface area contributed by atoms with Crippen LogP contribution in [0.25, 0.3) is 27.6 Å². The third-order valence-corrected chi connectivity index (χ3v) is 3.36. The van der Waals surface area contributed by atoms with Crippen LogP contribution in [0.5, 0.6) is 0 Å². The molecule has 3 heterocycles. The van der Waals surface area contributed by atoms with Crippen LogP contribution in [-0.2, 0) is 0 Å². The first-order valence-corrected chi connectivity index (χ1v) is 5.96. The molecule has 0 N–H and O–H groups in total. The predicted molar refractivity (Wildman–Crippen MR) is 72.7 cm³/mol. The molecule has 0 radical (unpaired) electrons. The van der Waals surface area contributed by atoms with Crippen molar-refractivity contribution in [1.29, 1.82) is 0 Å². The fourth-order valence-corrected chi connectivity index (χ4v) is 2.49. The summed E-state index contributed by atoms with van der Waals surface area (Å²) in [7, 11) is 0. The van der Waals surface area contributed by atoms with Crippen LogP contribution in [0, 0.1) is 6.92 Å². The van der Waals surface area contributed by atoms with E-state index in [1.807, 2.05) is 30.5 Å². The molecule has 0 atom stereocenters. The predicted octanol–water partition coefficient (Wildman–Crippen LogP) is 3.34. The lowest BCUT2D eigenvalue weighted by Crippen LogP contribution is -1.91. The van der Waals surface area contributed by atoms with Crippen LogP contribution in [0.3, 0.4) is 0 Å². The van der Waals surface area contributed by atoms with Gasteiger partial charge in [0.25, 0.3) is 0 Å². The molecule has 3 nitrogen and oxygen atoms in total. The molecule has 1 aromatic carbocycles. The van der Waals surface area contributed by atoms with Crippen molar-refractivity contribution < 1.29 is 0 Å². The van der Waals surface area contributed by atoms with Crippen molar-refractivity contribution in [3.8, 4) is 0 Å². The highest BCUT2D eigenvalue weighted by atomic mass is 15.1. The van der Waals surface area contributed by atoms with Gasteiger partial charge in [0, 0.05) is 22.7 Å². The number of benzene rings is 1. The maximum atomic E-state index is 4.70. The van der Waals surface area contributed by atoms with Gasteiger partial charge in [-0.25, -0.2) is 9.97 Å². The molecule has 0 aliphatic rings. The molecule has 3 heteroatoms. The van der Waals surface area contributed by atoms with Crippen LogP contribution in [0.2, 0.25) is 0 Å². The van der Waals surface area contributed by atoms with Crippen molar-refractivity contribution >= 4 is 27.6 Å². The summed E-state index contributed by atoms with van der Waals surface area (Å²) in [6.07, 6.45) is 1.91. The van der Waals surface area contributed by atoms with Crippen molar-refractivity contribution in [3.63, 3.8) is 0 Å². The van der Waals surface area contributed by atoms with Gasteiger partial charge in [0.05, 0.1) is 0 Å². The summed E-state index contributed by atoms with van der Waals surface area (Å²) in [6, 6.07) is 14.3. The molecule has 4 rings (SSSR count). The van der Waals surface area contributed by atoms with Gasteiger partial charge < -0.3 is 0 Å². The maximum absolute atomic E-state index is 4.70. The normalized spacial score (nSPS) is 11.6. The van der Waals surface area contributed by atoms with Crippen LogP contribution in [0.4, 0.5) is 0 Å². The van der Waals surface area contributed by atoms with Gasteiger partial charge in [0.1, 0.15) is 11.2 Å². The molecule has 0 amide bonds. The zero-order valence-corrected chi connectivity index (χ0v) is 9.96. The molecule has 3 aromatic heterocycles. The molecule has 18 heavy (non-hydrogen) atoms. The van der Waals surface area contributed by atoms with Gasteiger partial charge in [-0.15, -0.1) is 0 Å². The number of rotatable bonds is 0. The Morgan fingerprint density at radius 3 is 2.83 bits per heavy atom. The Hall–Kier alpha value is -2.42. The average Bonchev–Trinajstić information content (AvgIpc) is 2.79. The molecule has 86 valence electrons. The number of imidazole rings is 1. The van der Waals surface area contributed by atoms with Gasteiger partial charge in [-0.1, -0.05) is 30.3 Å². The zero-order valence-electron chi connectivity index (χ0n) is 9.96. The maximum Gasteiger partial charge on any atom is 0.165 e. The van der Waals surface area contributed by atoms with Gasteiger partial charge in [0.15, 0.2) is 5.65 Å². The minimum atomic E-state index is 0.932. The van der Waals surface area contributed by atoms with Gasteiger partial charge in [0.2, 0.25) is 0 Å². The monoisotopic (exact) mass is 233 g/mol. The Morgan fingerprint density at radius 1 is 1.00 bits per heavy atom. The van der Waals surface area contributed by atoms with E-state index in [-0.39, 0.29) is 0 Å². The number of hydrogen-bond acceptors (Lipinski definition) is 2. The summed E-state index contributed by atoms with van der Waals surface area (Å²) in [6.45, 7) is 2.07. The lowest BCUT2D eigenvalue weighted by molar-refractivity contribution is 1.10. The Bertz CT molecular complexity index is 890. The molecule has 0 unspecified atom stereocenters. The molecule has 0 saturated heterocycles. The van der Waals surface area contributed by atoms with Crippen LogP contribution in [0.1, 0.15) is 5.69 Å². The van der Waals surface area contributed by atoms with Crippen molar-refractivity contribution in [2.45, 2.75) is 6.92 Å². The molecule has 0 bridgehead atoms. The second kappa shape index (κ2) is 3.29. The summed E-state index contributed by atoms with van der Waals surface area (Å²) in [5.74, 6) is 0. The van der Waals surface area contributed by atoms with Crippen molar-refractivity contribution in [3.05, 3.63) is 54.4 Å². The number of aromatic nitrogens is 3. The van der Waals surface area contributed by atoms with E-state index in [1.165, 1.54) is 0 Å². The van der Waals surface area contributed by atoms with Crippen molar-refractivity contribution in [2.75, 3.05) is 0 Å². The SMILES string of the molecule is Cc1cccc2nc3c4ccccc4cnc3n12. The molecule has 0 aliphatic carbocycles. The summed E-state index contributed by atoms with van der Waals surface area (Å²) in [5, 5.41) is 2.29. The van der Waals surface area contributed by atoms with Crippen molar-refractivity contribution in [1.82, 2.24) is 14.4 Å². The Labute approximate surface area is 104 Å². The Morgan fingerprint density at radius 2 is 1.89 bits per heavy atom. The quantitative estimate of drug-likeness (QED) is 0.466. The van der Waals surface area contributed by atoms with E-state index in [9.17, 15) is 0 Å². The third kappa shape index (κ3) is 1.13. The standard InChI is InChI=1S/C15H11N3/c1-10-5-4-8-13-17-14-12-7-3-2-6-11(12)9-16-15(14)18(10)13/h2-9H,1H3. The fraction of sp³-hybridized carbons (Fsp3) is 0.0667. The molecule has 4 aromatic rings. The van der Waals surface area contributed by atoms with Crippen LogP contribution < -0.4 is 0 Å². The lowest BCUT2D eigenvalue weighted by Gasteiger charge is -2.00. The molecule has 0 spiro atoms. The molecular weight excluding hydrogens is 222 g/mol. The fourth-order valence-electron chi connectivity index (χ4n) is 2.49. The first-order valence-electron chi connectivity index (χ1n) is 5.96. The van der Waals surface area contributed by atoms with E-state index in [0.717, 1.165) is 33.3 Å². The summed E-state index contributed by atoms with van der Waals surface area (Å²) in [4.78, 5) is 9.26. The van der Waals surface area contributed by atoms with Crippen LogP contribution in [0.15, 0.2) is 48.7 Å². The van der Waals surface area contributed by atoms with E-state index in [4.69, 9.17) is 4.98 Å². The average molecular weight is 233 g/mol. The van der Waals surface area contributed by atoms with Crippen LogP contribution >= 0.6 is 0 Å². The molecular formula is C15H11N3. The van der Waals surface area contributed by atoms with E-state index in [2.05, 4.69) is 34.5 Å². The first kappa shape index (κ1) is 9.59. The number of fused-ring (bicyclic) bond motifs is 5. The van der Waals surface area contributed by atoms with Crippen LogP contribution in [-0.4, -0.2) is 14.4 Å². The Kier molecular flexibility index (Phi) is 1.75. The third-order valence-electron chi connectivity index (χ3n) is 3.36. The van der Waals surface area contributed by atoms with Gasteiger partial charge in [-0.05, 0) is 19.1 Å². The summed E-state index contributed by atoms with van der Waals surface area (Å²) in [5.41, 5.74) is 4.01. The summed E-state index contributed by atoms with van der Waals surface area (Å²) >= 11 is 0. The molecule has 0 aliphatic heterocycles. The highest BCUT2D eigenvalue weighted by Crippen LogP contribution is 2.24. The van der Waals surface area contributed by atoms with Gasteiger partial charge in [-0.2, -0.15) is 0 Å². The number of hydrogen-bond donors (Lipinski definition) is 0. The minimum Gasteiger partial charge on any atom is -0.281 e. The number of aryl methyl sites for hydroxylation is 1. The zero-order chi connectivity index (χ0) is 12.1. The Balaban J connectivity index is 2.34. The minimum absolute atomic E-state index is 0.932. The van der Waals surface area contributed by atoms with E-state index in [0.29, 0.717) is 0 Å². The van der Waals surface area contributed by atoms with Crippen molar-refractivity contribution in [2.24, 2.45) is 0 Å². The van der Waals surface area contributed by atoms with Gasteiger partial charge >= 0.3 is 0 Å². The largest absolute Gasteiger partial charge is 0.281 e. The van der Waals surface area contributed by atoms with Gasteiger partial charge in [-0.3, -0.25) is 4.40 Å². The number of nitrogens with zero attached hydrogens (tertiary/aromatic N) is 3. The second-order valence-corrected chi connectivity index (χ2v) is 4.49. The highest BCUT2D eigenvalue weighted by Gasteiger charge is 2.09. The van der Waals surface area contributed by atoms with E-state index in [1.54, 1.807) is 0 Å². The van der Waals surface area contributed by atoms with E-state index < -0.39 is 0 Å². The number of pyridine rings is 2. The van der Waals surface area contributed by atoms with E-state index >= 15 is 0 Å². The first-order chi connectivity index (χ1) is 8.84. The summed E-state index contributed by atoms with van der Waals surface area (Å²) < 4.78 is 2.10. The lowest BCUT2D eigenvalue weighted by atomic mass is 10.1. The molecule has 0 fully saturated rings.